The van der Waals surface area contributed by atoms with Gasteiger partial charge in [0.25, 0.3) is 0 Å². The lowest BCUT2D eigenvalue weighted by Gasteiger charge is -2.37. The van der Waals surface area contributed by atoms with Crippen molar-refractivity contribution < 1.29 is 9.53 Å². The molecule has 6 nitrogen and oxygen atoms in total. The second kappa shape index (κ2) is 7.10. The molecule has 2 aromatic carbocycles. The smallest absolute Gasteiger partial charge is 0.328 e. The molecule has 2 heterocycles. The van der Waals surface area contributed by atoms with E-state index in [2.05, 4.69) is 5.32 Å². The highest BCUT2D eigenvalue weighted by Crippen LogP contribution is 2.39. The number of nitrogens with zero attached hydrogens (tertiary/aromatic N) is 2. The molecular weight excluding hydrogens is 366 g/mol. The van der Waals surface area contributed by atoms with E-state index in [1.165, 1.54) is 0 Å². The fourth-order valence-electron chi connectivity index (χ4n) is 4.16. The van der Waals surface area contributed by atoms with Gasteiger partial charge in [0.2, 0.25) is 5.91 Å². The summed E-state index contributed by atoms with van der Waals surface area (Å²) in [5.74, 6) is 0.856. The minimum absolute atomic E-state index is 0.0181. The number of aryl methyl sites for hydroxylation is 3. The summed E-state index contributed by atoms with van der Waals surface area (Å²) in [5, 5.41) is 3.18. The average molecular weight is 393 g/mol. The van der Waals surface area contributed by atoms with Crippen molar-refractivity contribution in [1.29, 1.82) is 0 Å². The van der Waals surface area contributed by atoms with E-state index >= 15 is 0 Å². The number of rotatable bonds is 4. The molecule has 1 aromatic heterocycles. The topological polar surface area (TPSA) is 65.3 Å². The Morgan fingerprint density at radius 1 is 1.14 bits per heavy atom. The van der Waals surface area contributed by atoms with Crippen molar-refractivity contribution in [2.45, 2.75) is 44.8 Å². The monoisotopic (exact) mass is 393 g/mol. The fourth-order valence-corrected chi connectivity index (χ4v) is 4.16. The molecule has 0 saturated carbocycles. The maximum atomic E-state index is 12.7. The van der Waals surface area contributed by atoms with E-state index in [-0.39, 0.29) is 23.2 Å². The molecule has 0 unspecified atom stereocenters. The van der Waals surface area contributed by atoms with E-state index in [1.807, 2.05) is 56.3 Å². The lowest BCUT2D eigenvalue weighted by molar-refractivity contribution is -0.122. The largest absolute Gasteiger partial charge is 0.487 e. The molecule has 0 aliphatic carbocycles. The highest BCUT2D eigenvalue weighted by molar-refractivity contribution is 5.79. The molecule has 29 heavy (non-hydrogen) atoms. The molecule has 1 atom stereocenters. The van der Waals surface area contributed by atoms with E-state index in [9.17, 15) is 9.59 Å². The van der Waals surface area contributed by atoms with Gasteiger partial charge in [-0.2, -0.15) is 0 Å². The lowest BCUT2D eigenvalue weighted by atomic mass is 9.89. The Hall–Kier alpha value is -3.02. The first kappa shape index (κ1) is 19.3. The zero-order valence-electron chi connectivity index (χ0n) is 17.4. The summed E-state index contributed by atoms with van der Waals surface area (Å²) in [4.78, 5) is 24.8. The molecule has 3 aromatic rings. The molecule has 1 N–H and O–H groups in total. The minimum atomic E-state index is -0.324. The van der Waals surface area contributed by atoms with Crippen molar-refractivity contribution in [2.24, 2.45) is 14.1 Å². The number of benzene rings is 2. The summed E-state index contributed by atoms with van der Waals surface area (Å²) in [6.45, 7) is 4.09. The quantitative estimate of drug-likeness (QED) is 0.740. The van der Waals surface area contributed by atoms with Gasteiger partial charge in [-0.15, -0.1) is 0 Å². The Balaban J connectivity index is 1.46. The van der Waals surface area contributed by atoms with Crippen LogP contribution in [0.4, 0.5) is 0 Å². The van der Waals surface area contributed by atoms with E-state index < -0.39 is 0 Å². The zero-order chi connectivity index (χ0) is 20.8. The number of hydrogen-bond acceptors (Lipinski definition) is 3. The van der Waals surface area contributed by atoms with Gasteiger partial charge in [0.05, 0.1) is 17.1 Å². The number of amides is 1. The number of hydrogen-bond donors (Lipinski definition) is 1. The number of nitrogens with one attached hydrogen (secondary N) is 1. The molecular formula is C23H27N3O3. The highest BCUT2D eigenvalue weighted by Gasteiger charge is 2.34. The first-order chi connectivity index (χ1) is 13.7. The van der Waals surface area contributed by atoms with Crippen LogP contribution in [0.15, 0.2) is 47.3 Å². The Labute approximate surface area is 170 Å². The van der Waals surface area contributed by atoms with Crippen LogP contribution in [0.25, 0.3) is 11.0 Å². The van der Waals surface area contributed by atoms with Crippen molar-refractivity contribution in [3.05, 3.63) is 64.1 Å². The molecule has 0 spiro atoms. The van der Waals surface area contributed by atoms with Crippen LogP contribution in [-0.2, 0) is 25.3 Å². The van der Waals surface area contributed by atoms with Crippen LogP contribution in [0.2, 0.25) is 0 Å². The van der Waals surface area contributed by atoms with Crippen LogP contribution < -0.4 is 15.7 Å². The molecule has 152 valence electrons. The van der Waals surface area contributed by atoms with Crippen LogP contribution in [-0.4, -0.2) is 20.6 Å². The van der Waals surface area contributed by atoms with E-state index in [4.69, 9.17) is 4.74 Å². The Morgan fingerprint density at radius 3 is 2.66 bits per heavy atom. The summed E-state index contributed by atoms with van der Waals surface area (Å²) < 4.78 is 9.32. The molecule has 4 rings (SSSR count). The summed E-state index contributed by atoms with van der Waals surface area (Å²) in [6.07, 6.45) is 1.75. The Bertz CT molecular complexity index is 1140. The third kappa shape index (κ3) is 3.67. The van der Waals surface area contributed by atoms with Crippen molar-refractivity contribution in [1.82, 2.24) is 14.5 Å². The fraction of sp³-hybridized carbons (Fsp3) is 0.391. The Kier molecular flexibility index (Phi) is 4.73. The number of ether oxygens (including phenoxy) is 1. The molecule has 1 aliphatic rings. The molecule has 0 fully saturated rings. The predicted octanol–water partition coefficient (Wildman–Crippen LogP) is 3.23. The minimum Gasteiger partial charge on any atom is -0.487 e. The van der Waals surface area contributed by atoms with E-state index in [0.717, 1.165) is 34.3 Å². The van der Waals surface area contributed by atoms with Crippen LogP contribution in [0.1, 0.15) is 43.9 Å². The normalized spacial score (nSPS) is 17.6. The highest BCUT2D eigenvalue weighted by atomic mass is 16.5. The van der Waals surface area contributed by atoms with Crippen molar-refractivity contribution >= 4 is 16.9 Å². The van der Waals surface area contributed by atoms with Gasteiger partial charge >= 0.3 is 5.69 Å². The summed E-state index contributed by atoms with van der Waals surface area (Å²) >= 11 is 0. The number of fused-ring (bicyclic) bond motifs is 2. The first-order valence-electron chi connectivity index (χ1n) is 9.97. The number of carbonyl (C=O) groups excluding carboxylic acids is 1. The van der Waals surface area contributed by atoms with Crippen molar-refractivity contribution in [3.63, 3.8) is 0 Å². The molecule has 1 amide bonds. The van der Waals surface area contributed by atoms with Gasteiger partial charge in [-0.25, -0.2) is 4.79 Å². The number of carbonyl (C=O) groups is 1. The predicted molar refractivity (Wildman–Crippen MR) is 113 cm³/mol. The van der Waals surface area contributed by atoms with Gasteiger partial charge in [0.1, 0.15) is 11.4 Å². The lowest BCUT2D eigenvalue weighted by Crippen LogP contribution is -2.41. The van der Waals surface area contributed by atoms with Gasteiger partial charge in [-0.3, -0.25) is 13.9 Å². The summed E-state index contributed by atoms with van der Waals surface area (Å²) in [7, 11) is 3.54. The summed E-state index contributed by atoms with van der Waals surface area (Å²) in [6, 6.07) is 13.8. The van der Waals surface area contributed by atoms with Gasteiger partial charge < -0.3 is 10.1 Å². The standard InChI is InChI=1S/C23H27N3O3/c1-23(2)14-17(16-7-5-6-8-20(16)29-23)24-21(27)12-10-15-9-11-18-19(13-15)26(4)22(28)25(18)3/h5-9,11,13,17H,10,12,14H2,1-4H3,(H,24,27)/t17-/m1/s1. The first-order valence-corrected chi connectivity index (χ1v) is 9.97. The van der Waals surface area contributed by atoms with E-state index in [1.54, 1.807) is 23.2 Å². The van der Waals surface area contributed by atoms with Crippen molar-refractivity contribution in [2.75, 3.05) is 0 Å². The summed E-state index contributed by atoms with van der Waals surface area (Å²) in [5.41, 5.74) is 3.48. The van der Waals surface area contributed by atoms with Crippen LogP contribution in [0.5, 0.6) is 5.75 Å². The van der Waals surface area contributed by atoms with Crippen LogP contribution in [0, 0.1) is 0 Å². The third-order valence-corrected chi connectivity index (χ3v) is 5.69. The molecule has 1 aliphatic heterocycles. The van der Waals surface area contributed by atoms with Crippen molar-refractivity contribution in [3.8, 4) is 5.75 Å². The molecule has 0 saturated heterocycles. The second-order valence-electron chi connectivity index (χ2n) is 8.45. The third-order valence-electron chi connectivity index (χ3n) is 5.69. The van der Waals surface area contributed by atoms with Crippen LogP contribution >= 0.6 is 0 Å². The number of imidazole rings is 1. The molecule has 6 heteroatoms. The van der Waals surface area contributed by atoms with E-state index in [0.29, 0.717) is 12.8 Å². The number of para-hydroxylation sites is 1. The molecule has 0 bridgehead atoms. The molecule has 0 radical (unpaired) electrons. The average Bonchev–Trinajstić information content (AvgIpc) is 2.89. The number of aromatic nitrogens is 2. The van der Waals surface area contributed by atoms with Gasteiger partial charge in [-0.1, -0.05) is 24.3 Å². The maximum Gasteiger partial charge on any atom is 0.328 e. The Morgan fingerprint density at radius 2 is 1.86 bits per heavy atom. The van der Waals surface area contributed by atoms with Gasteiger partial charge in [-0.05, 0) is 44.0 Å². The zero-order valence-corrected chi connectivity index (χ0v) is 17.4. The maximum absolute atomic E-state index is 12.7. The van der Waals surface area contributed by atoms with Gasteiger partial charge in [0.15, 0.2) is 0 Å². The van der Waals surface area contributed by atoms with Crippen LogP contribution in [0.3, 0.4) is 0 Å². The SMILES string of the molecule is Cn1c(=O)n(C)c2cc(CCC(=O)N[C@@H]3CC(C)(C)Oc4ccccc43)ccc21. The second-order valence-corrected chi connectivity index (χ2v) is 8.45. The van der Waals surface area contributed by atoms with Gasteiger partial charge in [0, 0.05) is 32.5 Å².